The Hall–Kier alpha value is -2.99. The lowest BCUT2D eigenvalue weighted by Crippen LogP contribution is -2.52. The van der Waals surface area contributed by atoms with Crippen molar-refractivity contribution in [3.05, 3.63) is 17.5 Å². The normalized spacial score (nSPS) is 16.6. The molecule has 0 aromatic carbocycles. The van der Waals surface area contributed by atoms with Gasteiger partial charge in [0.2, 0.25) is 11.6 Å². The molecule has 2 heterocycles. The Labute approximate surface area is 143 Å². The van der Waals surface area contributed by atoms with Crippen LogP contribution in [0.3, 0.4) is 0 Å². The Morgan fingerprint density at radius 2 is 1.92 bits per heavy atom. The number of hydrogen-bond donors (Lipinski definition) is 3. The summed E-state index contributed by atoms with van der Waals surface area (Å²) in [6, 6.07) is 0. The number of halogens is 3. The molecule has 140 valence electrons. The molecular weight excluding hydrogens is 359 g/mol. The number of nitrogens with one attached hydrogen (secondary N) is 2. The van der Waals surface area contributed by atoms with Gasteiger partial charge in [-0.2, -0.15) is 22.8 Å². The van der Waals surface area contributed by atoms with E-state index in [0.717, 1.165) is 4.68 Å². The number of rotatable bonds is 4. The van der Waals surface area contributed by atoms with Crippen LogP contribution in [0.2, 0.25) is 0 Å². The lowest BCUT2D eigenvalue weighted by Gasteiger charge is -2.24. The van der Waals surface area contributed by atoms with Crippen LogP contribution >= 0.6 is 0 Å². The zero-order chi connectivity index (χ0) is 19.1. The zero-order valence-electron chi connectivity index (χ0n) is 13.5. The Balaban J connectivity index is 1.85. The van der Waals surface area contributed by atoms with Crippen LogP contribution in [0.15, 0.2) is 0 Å². The van der Waals surface area contributed by atoms with Crippen molar-refractivity contribution < 1.29 is 27.9 Å². The maximum atomic E-state index is 12.6. The molecule has 3 rings (SSSR count). The van der Waals surface area contributed by atoms with Crippen molar-refractivity contribution >= 4 is 11.9 Å². The molecule has 2 aromatic rings. The number of hydrogen-bond acceptors (Lipinski definition) is 6. The van der Waals surface area contributed by atoms with Gasteiger partial charge in [-0.15, -0.1) is 10.2 Å². The quantitative estimate of drug-likeness (QED) is 0.722. The van der Waals surface area contributed by atoms with Crippen molar-refractivity contribution in [3.63, 3.8) is 0 Å². The maximum absolute atomic E-state index is 12.6. The highest BCUT2D eigenvalue weighted by atomic mass is 19.4. The van der Waals surface area contributed by atoms with Crippen LogP contribution in [0.1, 0.15) is 48.0 Å². The molecule has 13 heteroatoms. The molecule has 2 aromatic heterocycles. The number of carboxylic acid groups (broad SMARTS) is 1. The van der Waals surface area contributed by atoms with Gasteiger partial charge in [-0.3, -0.25) is 9.89 Å². The van der Waals surface area contributed by atoms with E-state index in [4.69, 9.17) is 0 Å². The Morgan fingerprint density at radius 1 is 1.27 bits per heavy atom. The first-order valence-corrected chi connectivity index (χ1v) is 7.62. The predicted octanol–water partition coefficient (Wildman–Crippen LogP) is 0.840. The minimum Gasteiger partial charge on any atom is -0.480 e. The van der Waals surface area contributed by atoms with E-state index in [9.17, 15) is 27.9 Å². The van der Waals surface area contributed by atoms with Crippen LogP contribution in [0, 0.1) is 6.92 Å². The highest BCUT2D eigenvalue weighted by Crippen LogP contribution is 2.30. The van der Waals surface area contributed by atoms with E-state index in [0.29, 0.717) is 12.8 Å². The minimum atomic E-state index is -4.71. The number of alkyl halides is 3. The van der Waals surface area contributed by atoms with Crippen LogP contribution in [-0.2, 0) is 11.0 Å². The average Bonchev–Trinajstić information content (AvgIpc) is 3.24. The lowest BCUT2D eigenvalue weighted by atomic mass is 9.98. The molecule has 0 radical (unpaired) electrons. The molecule has 1 amide bonds. The average molecular weight is 373 g/mol. The fourth-order valence-electron chi connectivity index (χ4n) is 2.79. The highest BCUT2D eigenvalue weighted by molar-refractivity contribution is 5.95. The number of aromatic amines is 1. The third-order valence-corrected chi connectivity index (χ3v) is 4.12. The van der Waals surface area contributed by atoms with Gasteiger partial charge in [0.1, 0.15) is 11.4 Å². The maximum Gasteiger partial charge on any atom is 0.451 e. The molecule has 1 aliphatic carbocycles. The fraction of sp³-hybridized carbons (Fsp3) is 0.538. The molecule has 0 aliphatic heterocycles. The van der Waals surface area contributed by atoms with Crippen LogP contribution in [0.4, 0.5) is 13.2 Å². The number of amides is 1. The van der Waals surface area contributed by atoms with Crippen LogP contribution < -0.4 is 5.32 Å². The van der Waals surface area contributed by atoms with Gasteiger partial charge in [-0.05, 0) is 19.8 Å². The fourth-order valence-corrected chi connectivity index (χ4v) is 2.79. The summed E-state index contributed by atoms with van der Waals surface area (Å²) in [6.07, 6.45) is -2.83. The molecule has 0 bridgehead atoms. The van der Waals surface area contributed by atoms with Crippen molar-refractivity contribution in [2.45, 2.75) is 44.3 Å². The minimum absolute atomic E-state index is 0.0682. The summed E-state index contributed by atoms with van der Waals surface area (Å²) in [5.41, 5.74) is -1.38. The second-order valence-electron chi connectivity index (χ2n) is 5.92. The molecule has 10 nitrogen and oxygen atoms in total. The van der Waals surface area contributed by atoms with Gasteiger partial charge in [0.05, 0.1) is 0 Å². The van der Waals surface area contributed by atoms with Gasteiger partial charge < -0.3 is 10.4 Å². The summed E-state index contributed by atoms with van der Waals surface area (Å²) < 4.78 is 38.7. The molecule has 1 saturated carbocycles. The first-order valence-electron chi connectivity index (χ1n) is 7.62. The monoisotopic (exact) mass is 373 g/mol. The van der Waals surface area contributed by atoms with Crippen molar-refractivity contribution in [1.82, 2.24) is 35.3 Å². The van der Waals surface area contributed by atoms with Gasteiger partial charge >= 0.3 is 12.1 Å². The summed E-state index contributed by atoms with van der Waals surface area (Å²) in [5, 5.41) is 20.8. The first kappa shape index (κ1) is 17.8. The van der Waals surface area contributed by atoms with Gasteiger partial charge in [-0.1, -0.05) is 12.8 Å². The number of aryl methyl sites for hydroxylation is 1. The van der Waals surface area contributed by atoms with E-state index in [1.54, 1.807) is 5.10 Å². The largest absolute Gasteiger partial charge is 0.480 e. The van der Waals surface area contributed by atoms with Crippen molar-refractivity contribution in [3.8, 4) is 5.95 Å². The molecule has 1 fully saturated rings. The summed E-state index contributed by atoms with van der Waals surface area (Å²) in [7, 11) is 0. The standard InChI is InChI=1S/C13H14F3N7O3/c1-6-17-7(8(24)19-12(10(25)26)4-2-3-5-12)22-23(6)11-18-9(20-21-11)13(14,15)16/h2-5H2,1H3,(H,19,24)(H,25,26)(H,18,20,21). The van der Waals surface area contributed by atoms with Gasteiger partial charge in [0.25, 0.3) is 11.9 Å². The van der Waals surface area contributed by atoms with Gasteiger partial charge in [-0.25, -0.2) is 9.78 Å². The van der Waals surface area contributed by atoms with E-state index in [1.807, 2.05) is 0 Å². The Bertz CT molecular complexity index is 852. The van der Waals surface area contributed by atoms with Crippen LogP contribution in [0.25, 0.3) is 5.95 Å². The Morgan fingerprint density at radius 3 is 2.46 bits per heavy atom. The highest BCUT2D eigenvalue weighted by Gasteiger charge is 2.43. The Kier molecular flexibility index (Phi) is 4.16. The van der Waals surface area contributed by atoms with Gasteiger partial charge in [0.15, 0.2) is 0 Å². The number of nitrogens with zero attached hydrogens (tertiary/aromatic N) is 5. The summed E-state index contributed by atoms with van der Waals surface area (Å²) in [5.74, 6) is -4.04. The first-order chi connectivity index (χ1) is 12.1. The van der Waals surface area contributed by atoms with Crippen LogP contribution in [0.5, 0.6) is 0 Å². The van der Waals surface area contributed by atoms with Crippen LogP contribution in [-0.4, -0.2) is 52.5 Å². The topological polar surface area (TPSA) is 139 Å². The molecular formula is C13H14F3N7O3. The number of aliphatic carboxylic acids is 1. The van der Waals surface area contributed by atoms with Crippen molar-refractivity contribution in [2.75, 3.05) is 0 Å². The molecule has 3 N–H and O–H groups in total. The van der Waals surface area contributed by atoms with Gasteiger partial charge in [0, 0.05) is 0 Å². The number of H-pyrrole nitrogens is 1. The molecule has 1 aliphatic rings. The summed E-state index contributed by atoms with van der Waals surface area (Å²) in [6.45, 7) is 1.40. The number of carboxylic acids is 1. The van der Waals surface area contributed by atoms with E-state index >= 15 is 0 Å². The summed E-state index contributed by atoms with van der Waals surface area (Å²) >= 11 is 0. The predicted molar refractivity (Wildman–Crippen MR) is 77.3 cm³/mol. The zero-order valence-corrected chi connectivity index (χ0v) is 13.5. The molecule has 0 spiro atoms. The number of aromatic nitrogens is 6. The molecule has 26 heavy (non-hydrogen) atoms. The van der Waals surface area contributed by atoms with E-state index in [2.05, 4.69) is 25.5 Å². The van der Waals surface area contributed by atoms with Crippen molar-refractivity contribution in [1.29, 1.82) is 0 Å². The molecule has 0 saturated heterocycles. The SMILES string of the molecule is Cc1nc(C(=O)NC2(C(=O)O)CCCC2)nn1-c1n[nH]c(C(F)(F)F)n1. The van der Waals surface area contributed by atoms with E-state index < -0.39 is 35.4 Å². The number of carbonyl (C=O) groups is 2. The third-order valence-electron chi connectivity index (χ3n) is 4.12. The lowest BCUT2D eigenvalue weighted by molar-refractivity contribution is -0.145. The smallest absolute Gasteiger partial charge is 0.451 e. The van der Waals surface area contributed by atoms with E-state index in [1.165, 1.54) is 6.92 Å². The second-order valence-corrected chi connectivity index (χ2v) is 5.92. The molecule has 0 unspecified atom stereocenters. The molecule has 0 atom stereocenters. The number of carbonyl (C=O) groups excluding carboxylic acids is 1. The third kappa shape index (κ3) is 3.11. The summed E-state index contributed by atoms with van der Waals surface area (Å²) in [4.78, 5) is 31.0. The van der Waals surface area contributed by atoms with E-state index in [-0.39, 0.29) is 24.5 Å². The second kappa shape index (κ2) is 6.07. The van der Waals surface area contributed by atoms with Crippen molar-refractivity contribution in [2.24, 2.45) is 0 Å².